The van der Waals surface area contributed by atoms with Gasteiger partial charge in [0.25, 0.3) is 0 Å². The maximum atomic E-state index is 12.8. The minimum Gasteiger partial charge on any atom is -0.492 e. The molecule has 2 rings (SSSR count). The molecule has 0 spiro atoms. The largest absolute Gasteiger partial charge is 0.492 e. The van der Waals surface area contributed by atoms with E-state index in [1.54, 1.807) is 0 Å². The minimum absolute atomic E-state index is 0.00233. The molecule has 0 aromatic heterocycles. The van der Waals surface area contributed by atoms with Crippen LogP contribution in [-0.4, -0.2) is 59.5 Å². The van der Waals surface area contributed by atoms with Crippen LogP contribution in [0.1, 0.15) is 24.4 Å². The van der Waals surface area contributed by atoms with Crippen molar-refractivity contribution in [1.29, 1.82) is 0 Å². The van der Waals surface area contributed by atoms with Crippen molar-refractivity contribution < 1.29 is 34.7 Å². The third-order valence-electron chi connectivity index (χ3n) is 4.60. The quantitative estimate of drug-likeness (QED) is 0.716. The van der Waals surface area contributed by atoms with Crippen LogP contribution in [0.25, 0.3) is 0 Å². The molecular weight excluding hydrogens is 421 g/mol. The summed E-state index contributed by atoms with van der Waals surface area (Å²) in [6.45, 7) is 0.807. The van der Waals surface area contributed by atoms with Crippen molar-refractivity contribution in [3.05, 3.63) is 23.8 Å². The number of hydrogen-bond acceptors (Lipinski definition) is 6. The van der Waals surface area contributed by atoms with Crippen molar-refractivity contribution in [3.8, 4) is 5.75 Å². The van der Waals surface area contributed by atoms with Gasteiger partial charge in [-0.05, 0) is 36.5 Å². The number of piperidine rings is 1. The zero-order chi connectivity index (χ0) is 21.3. The molecule has 1 aliphatic rings. The van der Waals surface area contributed by atoms with Crippen LogP contribution in [0, 0.1) is 5.92 Å². The number of rotatable bonds is 6. The van der Waals surface area contributed by atoms with Gasteiger partial charge in [-0.15, -0.1) is 0 Å². The van der Waals surface area contributed by atoms with Crippen molar-refractivity contribution in [3.63, 3.8) is 0 Å². The van der Waals surface area contributed by atoms with Gasteiger partial charge in [-0.3, -0.25) is 0 Å². The zero-order valence-corrected chi connectivity index (χ0v) is 17.1. The van der Waals surface area contributed by atoms with Gasteiger partial charge < -0.3 is 10.5 Å². The Morgan fingerprint density at radius 3 is 2.21 bits per heavy atom. The van der Waals surface area contributed by atoms with Gasteiger partial charge in [0, 0.05) is 19.3 Å². The molecule has 0 saturated carbocycles. The average Bonchev–Trinajstić information content (AvgIpc) is 2.57. The highest BCUT2D eigenvalue weighted by molar-refractivity contribution is 7.90. The van der Waals surface area contributed by atoms with Gasteiger partial charge in [0.2, 0.25) is 10.0 Å². The van der Waals surface area contributed by atoms with E-state index in [9.17, 15) is 30.0 Å². The molecule has 7 nitrogen and oxygen atoms in total. The minimum atomic E-state index is -4.70. The van der Waals surface area contributed by atoms with E-state index in [1.807, 2.05) is 0 Å². The Hall–Kier alpha value is -1.37. The Bertz CT molecular complexity index is 909. The van der Waals surface area contributed by atoms with Crippen molar-refractivity contribution in [2.24, 2.45) is 11.7 Å². The summed E-state index contributed by atoms with van der Waals surface area (Å²) in [6, 6.07) is 0.842. The molecule has 1 atom stereocenters. The molecule has 1 aromatic rings. The van der Waals surface area contributed by atoms with Crippen LogP contribution in [0.2, 0.25) is 0 Å². The number of sulfone groups is 1. The van der Waals surface area contributed by atoms with Crippen molar-refractivity contribution >= 4 is 19.9 Å². The highest BCUT2D eigenvalue weighted by Gasteiger charge is 2.38. The van der Waals surface area contributed by atoms with E-state index >= 15 is 0 Å². The summed E-state index contributed by atoms with van der Waals surface area (Å²) >= 11 is 0. The van der Waals surface area contributed by atoms with Crippen molar-refractivity contribution in [1.82, 2.24) is 4.31 Å². The molecule has 1 aromatic carbocycles. The summed E-state index contributed by atoms with van der Waals surface area (Å²) in [5.74, 6) is -0.0475. The molecule has 0 amide bonds. The highest BCUT2D eigenvalue weighted by atomic mass is 32.2. The first-order chi connectivity index (χ1) is 12.7. The Morgan fingerprint density at radius 2 is 1.75 bits per heavy atom. The molecule has 1 unspecified atom stereocenters. The summed E-state index contributed by atoms with van der Waals surface area (Å²) in [7, 11) is -7.11. The number of ether oxygens (including phenoxy) is 1. The van der Waals surface area contributed by atoms with Crippen LogP contribution < -0.4 is 10.5 Å². The lowest BCUT2D eigenvalue weighted by atomic mass is 9.99. The van der Waals surface area contributed by atoms with Crippen LogP contribution >= 0.6 is 0 Å². The van der Waals surface area contributed by atoms with Gasteiger partial charge in [-0.2, -0.15) is 13.2 Å². The number of hydrogen-bond donors (Lipinski definition) is 1. The predicted octanol–water partition coefficient (Wildman–Crippen LogP) is 1.70. The Kier molecular flexibility index (Phi) is 6.68. The number of nitrogens with two attached hydrogens (primary N) is 1. The smallest absolute Gasteiger partial charge is 0.407 e. The van der Waals surface area contributed by atoms with Crippen LogP contribution in [0.4, 0.5) is 13.2 Å². The number of nitrogens with zero attached hydrogens (tertiary/aromatic N) is 1. The van der Waals surface area contributed by atoms with Gasteiger partial charge in [-0.1, -0.05) is 6.07 Å². The summed E-state index contributed by atoms with van der Waals surface area (Å²) in [4.78, 5) is -0.363. The topological polar surface area (TPSA) is 107 Å². The second kappa shape index (κ2) is 8.17. The van der Waals surface area contributed by atoms with E-state index in [0.717, 1.165) is 24.6 Å². The molecule has 12 heteroatoms. The van der Waals surface area contributed by atoms with Gasteiger partial charge >= 0.3 is 6.18 Å². The van der Waals surface area contributed by atoms with Gasteiger partial charge in [0.1, 0.15) is 16.7 Å². The fourth-order valence-corrected chi connectivity index (χ4v) is 4.65. The molecule has 0 radical (unpaired) electrons. The molecule has 0 bridgehead atoms. The standard InChI is InChI=1S/C16H23F3N2O5S2/c1-27(22,23)14-9-12(15(20)16(17,18)19)3-4-13(14)26-10-11-5-7-21(8-6-11)28(2,24)25/h3-4,9,11,15H,5-8,10,20H2,1-2H3. The SMILES string of the molecule is CS(=O)(=O)c1cc(C(N)C(F)(F)F)ccc1OCC1CCN(S(C)(=O)=O)CC1. The molecule has 2 N–H and O–H groups in total. The number of benzene rings is 1. The lowest BCUT2D eigenvalue weighted by Gasteiger charge is -2.30. The first-order valence-corrected chi connectivity index (χ1v) is 12.2. The molecule has 1 heterocycles. The summed E-state index contributed by atoms with van der Waals surface area (Å²) in [6.07, 6.45) is -1.61. The fourth-order valence-electron chi connectivity index (χ4n) is 2.93. The van der Waals surface area contributed by atoms with E-state index in [4.69, 9.17) is 10.5 Å². The summed E-state index contributed by atoms with van der Waals surface area (Å²) < 4.78 is 92.4. The average molecular weight is 444 g/mol. The maximum Gasteiger partial charge on any atom is 0.407 e. The summed E-state index contributed by atoms with van der Waals surface area (Å²) in [5, 5.41) is 0. The first-order valence-electron chi connectivity index (χ1n) is 8.44. The lowest BCUT2D eigenvalue weighted by Crippen LogP contribution is -2.39. The number of alkyl halides is 3. The van der Waals surface area contributed by atoms with E-state index in [0.29, 0.717) is 25.9 Å². The lowest BCUT2D eigenvalue weighted by molar-refractivity contribution is -0.149. The molecule has 1 saturated heterocycles. The maximum absolute atomic E-state index is 12.8. The molecular formula is C16H23F3N2O5S2. The molecule has 0 aliphatic carbocycles. The molecule has 1 fully saturated rings. The number of sulfonamides is 1. The Morgan fingerprint density at radius 1 is 1.18 bits per heavy atom. The van der Waals surface area contributed by atoms with Gasteiger partial charge in [-0.25, -0.2) is 21.1 Å². The van der Waals surface area contributed by atoms with Gasteiger partial charge in [0.05, 0.1) is 12.9 Å². The van der Waals surface area contributed by atoms with E-state index in [1.165, 1.54) is 10.4 Å². The third-order valence-corrected chi connectivity index (χ3v) is 7.02. The predicted molar refractivity (Wildman–Crippen MR) is 97.2 cm³/mol. The van der Waals surface area contributed by atoms with Crippen LogP contribution in [-0.2, 0) is 19.9 Å². The monoisotopic (exact) mass is 444 g/mol. The van der Waals surface area contributed by atoms with E-state index < -0.39 is 32.1 Å². The molecule has 160 valence electrons. The Balaban J connectivity index is 2.14. The second-order valence-electron chi connectivity index (χ2n) is 6.91. The normalized spacial score (nSPS) is 18.8. The third kappa shape index (κ3) is 5.82. The van der Waals surface area contributed by atoms with Gasteiger partial charge in [0.15, 0.2) is 9.84 Å². The zero-order valence-electron chi connectivity index (χ0n) is 15.4. The molecule has 28 heavy (non-hydrogen) atoms. The van der Waals surface area contributed by atoms with Crippen LogP contribution in [0.3, 0.4) is 0 Å². The van der Waals surface area contributed by atoms with Crippen molar-refractivity contribution in [2.45, 2.75) is 30.0 Å². The fraction of sp³-hybridized carbons (Fsp3) is 0.625. The second-order valence-corrected chi connectivity index (χ2v) is 10.9. The summed E-state index contributed by atoms with van der Waals surface area (Å²) in [5.41, 5.74) is 4.79. The Labute approximate surface area is 162 Å². The number of halogens is 3. The van der Waals surface area contributed by atoms with E-state index in [2.05, 4.69) is 0 Å². The van der Waals surface area contributed by atoms with Crippen LogP contribution in [0.15, 0.2) is 23.1 Å². The highest BCUT2D eigenvalue weighted by Crippen LogP contribution is 2.34. The molecule has 1 aliphatic heterocycles. The van der Waals surface area contributed by atoms with E-state index in [-0.39, 0.29) is 28.7 Å². The van der Waals surface area contributed by atoms with Crippen LogP contribution in [0.5, 0.6) is 5.75 Å². The first kappa shape index (κ1) is 22.9. The van der Waals surface area contributed by atoms with Crippen molar-refractivity contribution in [2.75, 3.05) is 32.2 Å².